The third-order valence-electron chi connectivity index (χ3n) is 10.1. The number of rotatable bonds is 15. The normalized spacial score (nSPS) is 26.3. The van der Waals surface area contributed by atoms with Crippen LogP contribution >= 0.6 is 0 Å². The standard InChI is InChI=1S/C38H49N3O7/c1-8-21-39(26-13-17-30(18-14-26)47-10-3)34(43)31-32-35(44)41(28(24-42)23-25(4)5)33(38(32)20-19-37(31,6)48-38)36(45)40(22-9-2)27-11-15-29(46-7)16-12-27/h8-9,11-18,25,28,31-33,42H,1-2,10,19-24H2,3-7H3/t28-,31+,32+,33?,37-,38?/m1/s1. The molecule has 0 aliphatic carbocycles. The van der Waals surface area contributed by atoms with Gasteiger partial charge in [0.15, 0.2) is 0 Å². The number of aliphatic hydroxyl groups is 1. The number of aliphatic hydroxyl groups excluding tert-OH is 1. The molecule has 2 aromatic carbocycles. The van der Waals surface area contributed by atoms with Gasteiger partial charge in [-0.2, -0.15) is 0 Å². The average Bonchev–Trinajstić information content (AvgIpc) is 3.65. The number of anilines is 2. The molecule has 48 heavy (non-hydrogen) atoms. The average molecular weight is 660 g/mol. The molecule has 3 aliphatic heterocycles. The molecule has 3 fully saturated rings. The van der Waals surface area contributed by atoms with Crippen LogP contribution < -0.4 is 19.3 Å². The van der Waals surface area contributed by atoms with E-state index in [4.69, 9.17) is 14.2 Å². The second-order valence-electron chi connectivity index (χ2n) is 13.5. The highest BCUT2D eigenvalue weighted by molar-refractivity contribution is 6.07. The van der Waals surface area contributed by atoms with Crippen molar-refractivity contribution >= 4 is 29.1 Å². The van der Waals surface area contributed by atoms with Gasteiger partial charge in [-0.25, -0.2) is 0 Å². The van der Waals surface area contributed by atoms with E-state index in [2.05, 4.69) is 13.2 Å². The van der Waals surface area contributed by atoms with E-state index in [1.165, 1.54) is 0 Å². The van der Waals surface area contributed by atoms with Gasteiger partial charge in [0.25, 0.3) is 5.91 Å². The molecule has 3 heterocycles. The second kappa shape index (κ2) is 14.1. The molecule has 1 N–H and O–H groups in total. The predicted octanol–water partition coefficient (Wildman–Crippen LogP) is 5.00. The van der Waals surface area contributed by atoms with Gasteiger partial charge in [-0.3, -0.25) is 14.4 Å². The highest BCUT2D eigenvalue weighted by atomic mass is 16.5. The lowest BCUT2D eigenvalue weighted by atomic mass is 9.66. The van der Waals surface area contributed by atoms with E-state index in [-0.39, 0.29) is 43.3 Å². The van der Waals surface area contributed by atoms with Crippen LogP contribution in [0.2, 0.25) is 0 Å². The van der Waals surface area contributed by atoms with Crippen LogP contribution in [0.3, 0.4) is 0 Å². The maximum atomic E-state index is 15.0. The number of hydrogen-bond donors (Lipinski definition) is 1. The number of likely N-dealkylation sites (tertiary alicyclic amines) is 1. The topological polar surface area (TPSA) is 109 Å². The minimum absolute atomic E-state index is 0.129. The Morgan fingerprint density at radius 3 is 2.06 bits per heavy atom. The molecule has 0 saturated carbocycles. The lowest BCUT2D eigenvalue weighted by molar-refractivity contribution is -0.148. The lowest BCUT2D eigenvalue weighted by Gasteiger charge is -2.40. The highest BCUT2D eigenvalue weighted by Gasteiger charge is 2.79. The van der Waals surface area contributed by atoms with E-state index < -0.39 is 35.1 Å². The molecule has 10 heteroatoms. The summed E-state index contributed by atoms with van der Waals surface area (Å²) in [6.07, 6.45) is 4.69. The Morgan fingerprint density at radius 2 is 1.56 bits per heavy atom. The first-order valence-electron chi connectivity index (χ1n) is 16.8. The molecule has 2 aromatic rings. The minimum atomic E-state index is -1.27. The molecule has 3 saturated heterocycles. The monoisotopic (exact) mass is 659 g/mol. The zero-order valence-electron chi connectivity index (χ0n) is 28.8. The van der Waals surface area contributed by atoms with Crippen molar-refractivity contribution < 1.29 is 33.7 Å². The van der Waals surface area contributed by atoms with Gasteiger partial charge in [-0.15, -0.1) is 13.2 Å². The summed E-state index contributed by atoms with van der Waals surface area (Å²) in [7, 11) is 1.57. The molecule has 6 atom stereocenters. The van der Waals surface area contributed by atoms with Crippen molar-refractivity contribution in [3.05, 3.63) is 73.8 Å². The van der Waals surface area contributed by atoms with Gasteiger partial charge in [0.2, 0.25) is 11.8 Å². The van der Waals surface area contributed by atoms with Crippen LogP contribution in [0, 0.1) is 17.8 Å². The third kappa shape index (κ3) is 6.00. The first-order chi connectivity index (χ1) is 23.0. The molecule has 2 unspecified atom stereocenters. The first-order valence-corrected chi connectivity index (χ1v) is 16.8. The van der Waals surface area contributed by atoms with Crippen molar-refractivity contribution in [2.75, 3.05) is 43.2 Å². The molecule has 10 nitrogen and oxygen atoms in total. The molecule has 2 bridgehead atoms. The summed E-state index contributed by atoms with van der Waals surface area (Å²) >= 11 is 0. The Labute approximate surface area is 283 Å². The van der Waals surface area contributed by atoms with Gasteiger partial charge >= 0.3 is 0 Å². The molecule has 3 amide bonds. The first kappa shape index (κ1) is 35.2. The van der Waals surface area contributed by atoms with Crippen molar-refractivity contribution in [2.45, 2.75) is 70.2 Å². The van der Waals surface area contributed by atoms with Crippen LogP contribution in [0.15, 0.2) is 73.8 Å². The van der Waals surface area contributed by atoms with Gasteiger partial charge in [0.05, 0.1) is 43.8 Å². The van der Waals surface area contributed by atoms with Gasteiger partial charge in [-0.1, -0.05) is 26.0 Å². The van der Waals surface area contributed by atoms with E-state index >= 15 is 0 Å². The van der Waals surface area contributed by atoms with Crippen molar-refractivity contribution in [3.8, 4) is 11.5 Å². The van der Waals surface area contributed by atoms with Crippen molar-refractivity contribution in [2.24, 2.45) is 17.8 Å². The van der Waals surface area contributed by atoms with Gasteiger partial charge < -0.3 is 34.0 Å². The van der Waals surface area contributed by atoms with E-state index in [0.717, 1.165) is 0 Å². The molecule has 258 valence electrons. The summed E-state index contributed by atoms with van der Waals surface area (Å²) in [6.45, 7) is 16.2. The van der Waals surface area contributed by atoms with Gasteiger partial charge in [-0.05, 0) is 87.6 Å². The summed E-state index contributed by atoms with van der Waals surface area (Å²) in [5.41, 5.74) is -0.999. The molecular weight excluding hydrogens is 610 g/mol. The Morgan fingerprint density at radius 1 is 1.00 bits per heavy atom. The quantitative estimate of drug-likeness (QED) is 0.268. The highest BCUT2D eigenvalue weighted by Crippen LogP contribution is 2.64. The molecule has 3 aliphatic rings. The van der Waals surface area contributed by atoms with Crippen molar-refractivity contribution in [1.29, 1.82) is 0 Å². The van der Waals surface area contributed by atoms with Crippen LogP contribution in [0.4, 0.5) is 11.4 Å². The Hall–Kier alpha value is -4.15. The molecular formula is C38H49N3O7. The SMILES string of the molecule is C=CCN(C(=O)C1N([C@@H](CO)CC(C)C)C(=O)[C@@H]2[C@@H](C(=O)N(CC=C)c3ccc(OCC)cc3)[C@@]3(C)CCC12O3)c1ccc(OC)cc1. The fourth-order valence-electron chi connectivity index (χ4n) is 8.10. The smallest absolute Gasteiger partial charge is 0.253 e. The van der Waals surface area contributed by atoms with Crippen LogP contribution in [0.25, 0.3) is 0 Å². The zero-order chi connectivity index (χ0) is 34.8. The van der Waals surface area contributed by atoms with Gasteiger partial charge in [0.1, 0.15) is 23.1 Å². The number of carbonyl (C=O) groups is 3. The Bertz CT molecular complexity index is 1510. The summed E-state index contributed by atoms with van der Waals surface area (Å²) in [4.78, 5) is 49.4. The zero-order valence-corrected chi connectivity index (χ0v) is 28.8. The number of carbonyl (C=O) groups excluding carboxylic acids is 3. The largest absolute Gasteiger partial charge is 0.497 e. The summed E-state index contributed by atoms with van der Waals surface area (Å²) in [5, 5.41) is 10.7. The summed E-state index contributed by atoms with van der Waals surface area (Å²) in [6, 6.07) is 12.7. The molecule has 0 aromatic heterocycles. The van der Waals surface area contributed by atoms with E-state index in [1.54, 1.807) is 58.2 Å². The number of amides is 3. The number of ether oxygens (including phenoxy) is 3. The third-order valence-corrected chi connectivity index (χ3v) is 10.1. The summed E-state index contributed by atoms with van der Waals surface area (Å²) in [5.74, 6) is -1.28. The van der Waals surface area contributed by atoms with Crippen molar-refractivity contribution in [3.63, 3.8) is 0 Å². The maximum Gasteiger partial charge on any atom is 0.253 e. The van der Waals surface area contributed by atoms with Crippen molar-refractivity contribution in [1.82, 2.24) is 4.90 Å². The number of nitrogens with zero attached hydrogens (tertiary/aromatic N) is 3. The van der Waals surface area contributed by atoms with Gasteiger partial charge in [0, 0.05) is 24.5 Å². The Kier molecular flexibility index (Phi) is 10.4. The lowest BCUT2D eigenvalue weighted by Crippen LogP contribution is -2.59. The molecule has 0 radical (unpaired) electrons. The minimum Gasteiger partial charge on any atom is -0.497 e. The number of fused-ring (bicyclic) bond motifs is 1. The molecule has 5 rings (SSSR count). The number of benzene rings is 2. The number of hydrogen-bond acceptors (Lipinski definition) is 7. The second-order valence-corrected chi connectivity index (χ2v) is 13.5. The van der Waals surface area contributed by atoms with E-state index in [0.29, 0.717) is 48.7 Å². The van der Waals surface area contributed by atoms with Crippen LogP contribution in [0.5, 0.6) is 11.5 Å². The molecule has 1 spiro atoms. The van der Waals surface area contributed by atoms with Crippen LogP contribution in [0.1, 0.15) is 47.0 Å². The Balaban J connectivity index is 1.61. The predicted molar refractivity (Wildman–Crippen MR) is 185 cm³/mol. The van der Waals surface area contributed by atoms with Crippen LogP contribution in [-0.4, -0.2) is 84.4 Å². The van der Waals surface area contributed by atoms with E-state index in [1.807, 2.05) is 52.0 Å². The number of methoxy groups -OCH3 is 1. The fourth-order valence-corrected chi connectivity index (χ4v) is 8.10. The van der Waals surface area contributed by atoms with Crippen LogP contribution in [-0.2, 0) is 19.1 Å². The summed E-state index contributed by atoms with van der Waals surface area (Å²) < 4.78 is 17.9. The van der Waals surface area contributed by atoms with E-state index in [9.17, 15) is 19.5 Å². The fraction of sp³-hybridized carbons (Fsp3) is 0.500. The maximum absolute atomic E-state index is 15.0.